The summed E-state index contributed by atoms with van der Waals surface area (Å²) >= 11 is 7.26. The summed E-state index contributed by atoms with van der Waals surface area (Å²) in [4.78, 5) is 4.16. The Kier molecular flexibility index (Phi) is 2.38. The Hall–Kier alpha value is -0.800. The summed E-state index contributed by atoms with van der Waals surface area (Å²) in [5.41, 5.74) is 0.904. The molecule has 0 saturated heterocycles. The summed E-state index contributed by atoms with van der Waals surface area (Å²) in [7, 11) is 0. The molecule has 2 rings (SSSR count). The van der Waals surface area contributed by atoms with Gasteiger partial charge in [-0.15, -0.1) is 0 Å². The van der Waals surface area contributed by atoms with E-state index in [-0.39, 0.29) is 0 Å². The van der Waals surface area contributed by atoms with Crippen molar-refractivity contribution in [2.75, 3.05) is 6.61 Å². The molecular formula is C9H8ClNOS. The van der Waals surface area contributed by atoms with Crippen LogP contribution in [0.4, 0.5) is 0 Å². The van der Waals surface area contributed by atoms with Crippen molar-refractivity contribution in [2.45, 2.75) is 6.92 Å². The molecule has 0 fully saturated rings. The monoisotopic (exact) mass is 213 g/mol. The van der Waals surface area contributed by atoms with Gasteiger partial charge in [0, 0.05) is 0 Å². The number of aromatic nitrogens is 1. The molecule has 0 saturated carbocycles. The minimum absolute atomic E-state index is 0.558. The van der Waals surface area contributed by atoms with Crippen LogP contribution in [0.1, 0.15) is 6.92 Å². The van der Waals surface area contributed by atoms with Crippen LogP contribution in [0.25, 0.3) is 10.2 Å². The molecule has 2 aromatic rings. The molecule has 1 aromatic heterocycles. The van der Waals surface area contributed by atoms with Crippen LogP contribution in [0, 0.1) is 0 Å². The van der Waals surface area contributed by atoms with Crippen LogP contribution in [-0.4, -0.2) is 11.6 Å². The quantitative estimate of drug-likeness (QED) is 0.763. The standard InChI is InChI=1S/C9H8ClNOS/c1-2-12-7-5-3-4-6-8(7)13-9(10)11-6/h3-5H,2H2,1H3. The van der Waals surface area contributed by atoms with Crippen LogP contribution in [0.5, 0.6) is 5.75 Å². The third-order valence-corrected chi connectivity index (χ3v) is 2.84. The molecule has 0 bridgehead atoms. The highest BCUT2D eigenvalue weighted by Crippen LogP contribution is 2.33. The second-order valence-corrected chi connectivity index (χ2v) is 4.09. The van der Waals surface area contributed by atoms with Crippen molar-refractivity contribution < 1.29 is 4.74 Å². The summed E-state index contributed by atoms with van der Waals surface area (Å²) in [5, 5.41) is 0. The number of halogens is 1. The number of fused-ring (bicyclic) bond motifs is 1. The molecule has 0 spiro atoms. The van der Waals surface area contributed by atoms with Gasteiger partial charge >= 0.3 is 0 Å². The molecule has 68 valence electrons. The van der Waals surface area contributed by atoms with E-state index in [0.29, 0.717) is 11.1 Å². The van der Waals surface area contributed by atoms with Crippen molar-refractivity contribution in [3.63, 3.8) is 0 Å². The Bertz CT molecular complexity index is 426. The van der Waals surface area contributed by atoms with E-state index < -0.39 is 0 Å². The van der Waals surface area contributed by atoms with E-state index in [1.54, 1.807) is 0 Å². The summed E-state index contributed by atoms with van der Waals surface area (Å²) in [6.07, 6.45) is 0. The zero-order chi connectivity index (χ0) is 9.26. The van der Waals surface area contributed by atoms with Gasteiger partial charge in [0.1, 0.15) is 5.75 Å². The Morgan fingerprint density at radius 3 is 3.15 bits per heavy atom. The minimum Gasteiger partial charge on any atom is -0.492 e. The number of thiazole rings is 1. The van der Waals surface area contributed by atoms with Gasteiger partial charge in [0.05, 0.1) is 16.8 Å². The smallest absolute Gasteiger partial charge is 0.184 e. The van der Waals surface area contributed by atoms with Crippen LogP contribution in [0.2, 0.25) is 4.47 Å². The molecule has 0 radical (unpaired) electrons. The van der Waals surface area contributed by atoms with E-state index in [2.05, 4.69) is 4.98 Å². The Morgan fingerprint density at radius 2 is 2.38 bits per heavy atom. The van der Waals surface area contributed by atoms with E-state index in [4.69, 9.17) is 16.3 Å². The van der Waals surface area contributed by atoms with Crippen molar-refractivity contribution in [3.05, 3.63) is 22.7 Å². The van der Waals surface area contributed by atoms with Crippen LogP contribution < -0.4 is 4.74 Å². The molecule has 0 amide bonds. The lowest BCUT2D eigenvalue weighted by molar-refractivity contribution is 0.345. The first kappa shape index (κ1) is 8.78. The largest absolute Gasteiger partial charge is 0.492 e. The van der Waals surface area contributed by atoms with Gasteiger partial charge in [-0.25, -0.2) is 4.98 Å². The first-order valence-electron chi connectivity index (χ1n) is 3.99. The van der Waals surface area contributed by atoms with E-state index >= 15 is 0 Å². The van der Waals surface area contributed by atoms with Crippen LogP contribution in [0.3, 0.4) is 0 Å². The molecule has 0 unspecified atom stereocenters. The van der Waals surface area contributed by atoms with Gasteiger partial charge in [0.25, 0.3) is 0 Å². The molecule has 0 atom stereocenters. The zero-order valence-corrected chi connectivity index (χ0v) is 8.65. The van der Waals surface area contributed by atoms with E-state index in [1.807, 2.05) is 25.1 Å². The lowest BCUT2D eigenvalue weighted by atomic mass is 10.3. The topological polar surface area (TPSA) is 22.1 Å². The molecule has 0 aliphatic heterocycles. The van der Waals surface area contributed by atoms with Crippen LogP contribution >= 0.6 is 22.9 Å². The predicted octanol–water partition coefficient (Wildman–Crippen LogP) is 3.35. The molecule has 0 aliphatic rings. The molecule has 0 N–H and O–H groups in total. The third-order valence-electron chi connectivity index (χ3n) is 1.65. The maximum atomic E-state index is 5.81. The molecule has 0 aliphatic carbocycles. The Morgan fingerprint density at radius 1 is 1.54 bits per heavy atom. The second-order valence-electron chi connectivity index (χ2n) is 2.50. The van der Waals surface area contributed by atoms with Gasteiger partial charge < -0.3 is 4.74 Å². The van der Waals surface area contributed by atoms with E-state index in [1.165, 1.54) is 11.3 Å². The summed E-state index contributed by atoms with van der Waals surface area (Å²) in [5.74, 6) is 0.865. The molecule has 13 heavy (non-hydrogen) atoms. The summed E-state index contributed by atoms with van der Waals surface area (Å²) in [6, 6.07) is 5.78. The van der Waals surface area contributed by atoms with Crippen molar-refractivity contribution in [2.24, 2.45) is 0 Å². The lowest BCUT2D eigenvalue weighted by Gasteiger charge is -2.01. The molecule has 2 nitrogen and oxygen atoms in total. The van der Waals surface area contributed by atoms with Gasteiger partial charge in [-0.3, -0.25) is 0 Å². The van der Waals surface area contributed by atoms with Crippen molar-refractivity contribution in [3.8, 4) is 5.75 Å². The first-order chi connectivity index (χ1) is 6.31. The van der Waals surface area contributed by atoms with Crippen LogP contribution in [-0.2, 0) is 0 Å². The SMILES string of the molecule is CCOc1cccc2nc(Cl)sc12. The van der Waals surface area contributed by atoms with E-state index in [9.17, 15) is 0 Å². The zero-order valence-electron chi connectivity index (χ0n) is 7.08. The highest BCUT2D eigenvalue weighted by atomic mass is 35.5. The number of rotatable bonds is 2. The fourth-order valence-electron chi connectivity index (χ4n) is 1.17. The highest BCUT2D eigenvalue weighted by Gasteiger charge is 2.06. The van der Waals surface area contributed by atoms with Gasteiger partial charge in [0.15, 0.2) is 4.47 Å². The molecule has 1 aromatic carbocycles. The van der Waals surface area contributed by atoms with Gasteiger partial charge in [-0.2, -0.15) is 0 Å². The van der Waals surface area contributed by atoms with Crippen molar-refractivity contribution in [1.82, 2.24) is 4.98 Å². The fraction of sp³-hybridized carbons (Fsp3) is 0.222. The number of benzene rings is 1. The predicted molar refractivity (Wildman–Crippen MR) is 55.8 cm³/mol. The van der Waals surface area contributed by atoms with Gasteiger partial charge in [-0.05, 0) is 19.1 Å². The minimum atomic E-state index is 0.558. The maximum Gasteiger partial charge on any atom is 0.184 e. The average Bonchev–Trinajstić information content (AvgIpc) is 2.47. The fourth-order valence-corrected chi connectivity index (χ4v) is 2.25. The number of hydrogen-bond donors (Lipinski definition) is 0. The lowest BCUT2D eigenvalue weighted by Crippen LogP contribution is -1.90. The Labute approximate surface area is 85.1 Å². The molecular weight excluding hydrogens is 206 g/mol. The summed E-state index contributed by atoms with van der Waals surface area (Å²) < 4.78 is 7.02. The number of ether oxygens (including phenoxy) is 1. The first-order valence-corrected chi connectivity index (χ1v) is 5.18. The Balaban J connectivity index is 2.60. The average molecular weight is 214 g/mol. The number of nitrogens with zero attached hydrogens (tertiary/aromatic N) is 1. The van der Waals surface area contributed by atoms with E-state index in [0.717, 1.165) is 16.0 Å². The number of hydrogen-bond acceptors (Lipinski definition) is 3. The molecule has 4 heteroatoms. The van der Waals surface area contributed by atoms with Crippen LogP contribution in [0.15, 0.2) is 18.2 Å². The second kappa shape index (κ2) is 3.52. The highest BCUT2D eigenvalue weighted by molar-refractivity contribution is 7.22. The third kappa shape index (κ3) is 1.62. The normalized spacial score (nSPS) is 10.6. The maximum absolute atomic E-state index is 5.81. The van der Waals surface area contributed by atoms with Crippen molar-refractivity contribution in [1.29, 1.82) is 0 Å². The van der Waals surface area contributed by atoms with Gasteiger partial charge in [0.2, 0.25) is 0 Å². The van der Waals surface area contributed by atoms with Crippen molar-refractivity contribution >= 4 is 33.2 Å². The van der Waals surface area contributed by atoms with Gasteiger partial charge in [-0.1, -0.05) is 29.0 Å². The molecule has 1 heterocycles. The summed E-state index contributed by atoms with van der Waals surface area (Å²) in [6.45, 7) is 2.62.